The number of nitrogens with zero attached hydrogens (tertiary/aromatic N) is 4. The first kappa shape index (κ1) is 20.3. The number of methoxy groups -OCH3 is 1. The van der Waals surface area contributed by atoms with Gasteiger partial charge in [0.2, 0.25) is 0 Å². The topological polar surface area (TPSA) is 91.2 Å². The van der Waals surface area contributed by atoms with E-state index in [1.165, 1.54) is 0 Å². The van der Waals surface area contributed by atoms with Crippen molar-refractivity contribution in [3.05, 3.63) is 72.3 Å². The van der Waals surface area contributed by atoms with Crippen molar-refractivity contribution in [1.82, 2.24) is 19.7 Å². The van der Waals surface area contributed by atoms with Crippen LogP contribution in [0.4, 0.5) is 5.69 Å². The molecule has 0 aliphatic carbocycles. The predicted molar refractivity (Wildman–Crippen MR) is 117 cm³/mol. The number of fused-ring (bicyclic) bond motifs is 1. The Morgan fingerprint density at radius 3 is 2.65 bits per heavy atom. The number of ether oxygens (including phenoxy) is 2. The lowest BCUT2D eigenvalue weighted by Crippen LogP contribution is -2.12. The molecule has 0 aliphatic rings. The van der Waals surface area contributed by atoms with Crippen molar-refractivity contribution in [3.63, 3.8) is 0 Å². The molecule has 0 fully saturated rings. The van der Waals surface area contributed by atoms with Crippen LogP contribution in [0.15, 0.2) is 61.2 Å². The Balaban J connectivity index is 1.51. The zero-order valence-corrected chi connectivity index (χ0v) is 17.6. The van der Waals surface area contributed by atoms with Crippen LogP contribution in [0.2, 0.25) is 0 Å². The lowest BCUT2D eigenvalue weighted by atomic mass is 10.2. The molecule has 1 aromatic carbocycles. The molecule has 0 saturated carbocycles. The standard InChI is InChI=1S/C23H23N5O3/c1-15(2)28-22-17(13-26-28)10-18(12-25-22)23(29)27-19-4-5-20(30-3)21(11-19)31-14-16-6-8-24-9-7-16/h4-13,15H,14H2,1-3H3,(H,27,29). The lowest BCUT2D eigenvalue weighted by molar-refractivity contribution is 0.102. The van der Waals surface area contributed by atoms with Gasteiger partial charge >= 0.3 is 0 Å². The average Bonchev–Trinajstić information content (AvgIpc) is 3.22. The van der Waals surface area contributed by atoms with Gasteiger partial charge in [-0.15, -0.1) is 0 Å². The highest BCUT2D eigenvalue weighted by molar-refractivity contribution is 6.05. The van der Waals surface area contributed by atoms with Crippen LogP contribution in [-0.4, -0.2) is 32.8 Å². The van der Waals surface area contributed by atoms with Crippen molar-refractivity contribution >= 4 is 22.6 Å². The molecule has 3 heterocycles. The summed E-state index contributed by atoms with van der Waals surface area (Å²) in [4.78, 5) is 21.2. The van der Waals surface area contributed by atoms with Crippen LogP contribution in [0.25, 0.3) is 11.0 Å². The Bertz CT molecular complexity index is 1200. The number of carbonyl (C=O) groups excluding carboxylic acids is 1. The van der Waals surface area contributed by atoms with Gasteiger partial charge in [-0.1, -0.05) is 0 Å². The highest BCUT2D eigenvalue weighted by Crippen LogP contribution is 2.31. The Hall–Kier alpha value is -3.94. The minimum atomic E-state index is -0.267. The molecule has 3 aromatic heterocycles. The molecule has 4 rings (SSSR count). The summed E-state index contributed by atoms with van der Waals surface area (Å²) in [6, 6.07) is 11.0. The molecule has 1 amide bonds. The molecule has 31 heavy (non-hydrogen) atoms. The first-order chi connectivity index (χ1) is 15.0. The number of carbonyl (C=O) groups is 1. The van der Waals surface area contributed by atoms with Crippen molar-refractivity contribution in [2.75, 3.05) is 12.4 Å². The molecule has 0 radical (unpaired) electrons. The molecule has 8 heteroatoms. The Labute approximate surface area is 179 Å². The summed E-state index contributed by atoms with van der Waals surface area (Å²) in [5, 5.41) is 8.05. The Morgan fingerprint density at radius 2 is 1.90 bits per heavy atom. The third kappa shape index (κ3) is 4.48. The number of aromatic nitrogens is 4. The molecule has 158 valence electrons. The number of nitrogens with one attached hydrogen (secondary N) is 1. The van der Waals surface area contributed by atoms with Gasteiger partial charge < -0.3 is 14.8 Å². The van der Waals surface area contributed by atoms with Gasteiger partial charge in [-0.05, 0) is 49.7 Å². The normalized spacial score (nSPS) is 11.0. The molecule has 0 atom stereocenters. The molecule has 0 spiro atoms. The van der Waals surface area contributed by atoms with Crippen LogP contribution >= 0.6 is 0 Å². The van der Waals surface area contributed by atoms with Gasteiger partial charge in [-0.25, -0.2) is 9.67 Å². The van der Waals surface area contributed by atoms with Gasteiger partial charge in [-0.2, -0.15) is 5.10 Å². The molecule has 0 unspecified atom stereocenters. The molecule has 8 nitrogen and oxygen atoms in total. The van der Waals surface area contributed by atoms with Crippen LogP contribution in [0, 0.1) is 0 Å². The molecule has 0 aliphatic heterocycles. The first-order valence-electron chi connectivity index (χ1n) is 9.89. The van der Waals surface area contributed by atoms with E-state index < -0.39 is 0 Å². The van der Waals surface area contributed by atoms with Crippen LogP contribution in [0.5, 0.6) is 11.5 Å². The third-order valence-corrected chi connectivity index (χ3v) is 4.75. The quantitative estimate of drug-likeness (QED) is 0.483. The molecular formula is C23H23N5O3. The van der Waals surface area contributed by atoms with E-state index in [0.717, 1.165) is 16.6 Å². The van der Waals surface area contributed by atoms with Crippen LogP contribution < -0.4 is 14.8 Å². The molecule has 4 aromatic rings. The van der Waals surface area contributed by atoms with E-state index in [4.69, 9.17) is 9.47 Å². The van der Waals surface area contributed by atoms with Crippen molar-refractivity contribution in [3.8, 4) is 11.5 Å². The summed E-state index contributed by atoms with van der Waals surface area (Å²) in [5.74, 6) is 0.845. The first-order valence-corrected chi connectivity index (χ1v) is 9.89. The summed E-state index contributed by atoms with van der Waals surface area (Å²) >= 11 is 0. The van der Waals surface area contributed by atoms with E-state index >= 15 is 0 Å². The summed E-state index contributed by atoms with van der Waals surface area (Å²) < 4.78 is 13.1. The number of rotatable bonds is 7. The zero-order chi connectivity index (χ0) is 21.8. The van der Waals surface area contributed by atoms with E-state index in [1.807, 2.05) is 30.7 Å². The number of hydrogen-bond donors (Lipinski definition) is 1. The summed E-state index contributed by atoms with van der Waals surface area (Å²) in [6.45, 7) is 4.43. The SMILES string of the molecule is COc1ccc(NC(=O)c2cnc3c(cnn3C(C)C)c2)cc1OCc1ccncc1. The summed E-state index contributed by atoms with van der Waals surface area (Å²) in [7, 11) is 1.57. The highest BCUT2D eigenvalue weighted by atomic mass is 16.5. The molecule has 1 N–H and O–H groups in total. The summed E-state index contributed by atoms with van der Waals surface area (Å²) in [5.41, 5.74) is 2.77. The van der Waals surface area contributed by atoms with E-state index in [-0.39, 0.29) is 11.9 Å². The van der Waals surface area contributed by atoms with Gasteiger partial charge in [0.25, 0.3) is 5.91 Å². The van der Waals surface area contributed by atoms with E-state index in [9.17, 15) is 4.79 Å². The third-order valence-electron chi connectivity index (χ3n) is 4.75. The smallest absolute Gasteiger partial charge is 0.257 e. The van der Waals surface area contributed by atoms with E-state index in [2.05, 4.69) is 20.4 Å². The highest BCUT2D eigenvalue weighted by Gasteiger charge is 2.13. The maximum atomic E-state index is 12.8. The lowest BCUT2D eigenvalue weighted by Gasteiger charge is -2.13. The maximum Gasteiger partial charge on any atom is 0.257 e. The minimum Gasteiger partial charge on any atom is -0.493 e. The predicted octanol–water partition coefficient (Wildman–Crippen LogP) is 4.25. The number of benzene rings is 1. The van der Waals surface area contributed by atoms with Crippen molar-refractivity contribution in [1.29, 1.82) is 0 Å². The minimum absolute atomic E-state index is 0.189. The number of anilines is 1. The fourth-order valence-electron chi connectivity index (χ4n) is 3.15. The van der Waals surface area contributed by atoms with Crippen molar-refractivity contribution in [2.45, 2.75) is 26.5 Å². The van der Waals surface area contributed by atoms with Crippen molar-refractivity contribution < 1.29 is 14.3 Å². The number of pyridine rings is 2. The van der Waals surface area contributed by atoms with Gasteiger partial charge in [0.15, 0.2) is 17.1 Å². The second kappa shape index (κ2) is 8.83. The van der Waals surface area contributed by atoms with E-state index in [1.54, 1.807) is 56.2 Å². The molecule has 0 saturated heterocycles. The van der Waals surface area contributed by atoms with Crippen LogP contribution in [-0.2, 0) is 6.61 Å². The monoisotopic (exact) mass is 417 g/mol. The molecule has 0 bridgehead atoms. The fourth-order valence-corrected chi connectivity index (χ4v) is 3.15. The van der Waals surface area contributed by atoms with Crippen LogP contribution in [0.1, 0.15) is 35.8 Å². The largest absolute Gasteiger partial charge is 0.493 e. The van der Waals surface area contributed by atoms with Gasteiger partial charge in [0, 0.05) is 41.8 Å². The number of hydrogen-bond acceptors (Lipinski definition) is 6. The van der Waals surface area contributed by atoms with Crippen molar-refractivity contribution in [2.24, 2.45) is 0 Å². The number of amides is 1. The van der Waals surface area contributed by atoms with Crippen LogP contribution in [0.3, 0.4) is 0 Å². The van der Waals surface area contributed by atoms with E-state index in [0.29, 0.717) is 29.4 Å². The summed E-state index contributed by atoms with van der Waals surface area (Å²) in [6.07, 6.45) is 6.70. The Morgan fingerprint density at radius 1 is 1.10 bits per heavy atom. The Kier molecular flexibility index (Phi) is 5.79. The average molecular weight is 417 g/mol. The fraction of sp³-hybridized carbons (Fsp3) is 0.217. The van der Waals surface area contributed by atoms with Gasteiger partial charge in [0.05, 0.1) is 18.9 Å². The second-order valence-electron chi connectivity index (χ2n) is 7.28. The second-order valence-corrected chi connectivity index (χ2v) is 7.28. The van der Waals surface area contributed by atoms with Gasteiger partial charge in [0.1, 0.15) is 6.61 Å². The zero-order valence-electron chi connectivity index (χ0n) is 17.6. The maximum absolute atomic E-state index is 12.8. The molecular weight excluding hydrogens is 394 g/mol. The van der Waals surface area contributed by atoms with Gasteiger partial charge in [-0.3, -0.25) is 9.78 Å².